The molecule has 0 spiro atoms. The maximum absolute atomic E-state index is 11.8. The molecular weight excluding hydrogens is 456 g/mol. The van der Waals surface area contributed by atoms with Gasteiger partial charge in [-0.1, -0.05) is 0 Å². The zero-order chi connectivity index (χ0) is 23.3. The third-order valence-corrected chi connectivity index (χ3v) is 6.02. The highest BCUT2D eigenvalue weighted by molar-refractivity contribution is 8.00. The molecule has 8 nitrogen and oxygen atoms in total. The lowest BCUT2D eigenvalue weighted by atomic mass is 10.3. The standard InChI is InChI=1S/C22H26O8S2/c1-27-19-11-15(5-7-17(19)23)31-13-21(25)29-9-3-4-10-30-22(26)14-32-16-6-8-18(24)20(12-16)28-2/h5-8,11-12,23-24H,3-4,9-10,13-14H2,1-2H3. The van der Waals surface area contributed by atoms with Crippen LogP contribution in [0.25, 0.3) is 0 Å². The smallest absolute Gasteiger partial charge is 0.316 e. The van der Waals surface area contributed by atoms with Crippen LogP contribution in [0.1, 0.15) is 12.8 Å². The second kappa shape index (κ2) is 13.6. The molecule has 2 aromatic carbocycles. The molecule has 0 aliphatic rings. The molecule has 0 bridgehead atoms. The van der Waals surface area contributed by atoms with Gasteiger partial charge in [0.2, 0.25) is 0 Å². The van der Waals surface area contributed by atoms with Gasteiger partial charge >= 0.3 is 11.9 Å². The van der Waals surface area contributed by atoms with Crippen LogP contribution in [-0.4, -0.2) is 61.1 Å². The number of benzene rings is 2. The van der Waals surface area contributed by atoms with E-state index in [1.807, 2.05) is 0 Å². The van der Waals surface area contributed by atoms with Crippen molar-refractivity contribution in [1.82, 2.24) is 0 Å². The van der Waals surface area contributed by atoms with Crippen LogP contribution < -0.4 is 9.47 Å². The van der Waals surface area contributed by atoms with E-state index in [0.29, 0.717) is 24.3 Å². The zero-order valence-corrected chi connectivity index (χ0v) is 19.5. The minimum absolute atomic E-state index is 0.0410. The largest absolute Gasteiger partial charge is 0.504 e. The van der Waals surface area contributed by atoms with E-state index in [4.69, 9.17) is 18.9 Å². The Labute approximate surface area is 195 Å². The number of thioether (sulfide) groups is 2. The lowest BCUT2D eigenvalue weighted by Gasteiger charge is -2.08. The lowest BCUT2D eigenvalue weighted by Crippen LogP contribution is -2.11. The zero-order valence-electron chi connectivity index (χ0n) is 17.9. The third-order valence-electron chi connectivity index (χ3n) is 4.08. The van der Waals surface area contributed by atoms with E-state index in [-0.39, 0.29) is 48.2 Å². The van der Waals surface area contributed by atoms with E-state index in [1.54, 1.807) is 24.3 Å². The van der Waals surface area contributed by atoms with Crippen molar-refractivity contribution in [2.75, 3.05) is 38.9 Å². The first-order valence-corrected chi connectivity index (χ1v) is 11.7. The summed E-state index contributed by atoms with van der Waals surface area (Å²) in [5.41, 5.74) is 0. The van der Waals surface area contributed by atoms with Gasteiger partial charge in [-0.3, -0.25) is 9.59 Å². The van der Waals surface area contributed by atoms with Crippen LogP contribution >= 0.6 is 23.5 Å². The third kappa shape index (κ3) is 8.80. The Bertz CT molecular complexity index is 830. The second-order valence-electron chi connectivity index (χ2n) is 6.39. The first kappa shape index (κ1) is 25.5. The Hall–Kier alpha value is -2.72. The number of carbonyl (C=O) groups excluding carboxylic acids is 2. The van der Waals surface area contributed by atoms with Crippen LogP contribution in [-0.2, 0) is 19.1 Å². The molecule has 0 aliphatic carbocycles. The molecule has 2 aromatic rings. The van der Waals surface area contributed by atoms with E-state index in [0.717, 1.165) is 9.79 Å². The molecule has 0 radical (unpaired) electrons. The van der Waals surface area contributed by atoms with Crippen LogP contribution in [0.5, 0.6) is 23.0 Å². The van der Waals surface area contributed by atoms with Crippen LogP contribution in [0.4, 0.5) is 0 Å². The van der Waals surface area contributed by atoms with Crippen LogP contribution in [0, 0.1) is 0 Å². The van der Waals surface area contributed by atoms with Crippen LogP contribution in [0.15, 0.2) is 46.2 Å². The number of hydrogen-bond donors (Lipinski definition) is 2. The summed E-state index contributed by atoms with van der Waals surface area (Å²) in [6.07, 6.45) is 1.16. The van der Waals surface area contributed by atoms with Gasteiger partial charge in [-0.2, -0.15) is 0 Å². The van der Waals surface area contributed by atoms with Gasteiger partial charge in [-0.05, 0) is 49.2 Å². The van der Waals surface area contributed by atoms with Crippen molar-refractivity contribution in [3.63, 3.8) is 0 Å². The Balaban J connectivity index is 1.54. The SMILES string of the molecule is COc1cc(SCC(=O)OCCCCOC(=O)CSc2ccc(O)c(OC)c2)ccc1O. The Morgan fingerprint density at radius 3 is 1.53 bits per heavy atom. The van der Waals surface area contributed by atoms with Crippen molar-refractivity contribution < 1.29 is 38.7 Å². The maximum atomic E-state index is 11.8. The van der Waals surface area contributed by atoms with E-state index >= 15 is 0 Å². The van der Waals surface area contributed by atoms with Gasteiger partial charge in [0.25, 0.3) is 0 Å². The summed E-state index contributed by atoms with van der Waals surface area (Å²) in [5, 5.41) is 19.1. The van der Waals surface area contributed by atoms with Crippen molar-refractivity contribution in [1.29, 1.82) is 0 Å². The highest BCUT2D eigenvalue weighted by Crippen LogP contribution is 2.31. The highest BCUT2D eigenvalue weighted by atomic mass is 32.2. The van der Waals surface area contributed by atoms with Crippen molar-refractivity contribution in [3.8, 4) is 23.0 Å². The summed E-state index contributed by atoms with van der Waals surface area (Å²) in [7, 11) is 2.92. The summed E-state index contributed by atoms with van der Waals surface area (Å²) < 4.78 is 20.4. The summed E-state index contributed by atoms with van der Waals surface area (Å²) in [5.74, 6) is 0.362. The van der Waals surface area contributed by atoms with Gasteiger partial charge in [-0.25, -0.2) is 0 Å². The van der Waals surface area contributed by atoms with E-state index in [1.165, 1.54) is 49.9 Å². The van der Waals surface area contributed by atoms with E-state index in [9.17, 15) is 19.8 Å². The fourth-order valence-electron chi connectivity index (χ4n) is 2.44. The van der Waals surface area contributed by atoms with Crippen molar-refractivity contribution in [2.24, 2.45) is 0 Å². The Kier molecular flexibility index (Phi) is 10.9. The monoisotopic (exact) mass is 482 g/mol. The lowest BCUT2D eigenvalue weighted by molar-refractivity contribution is -0.142. The molecule has 0 aliphatic heterocycles. The Morgan fingerprint density at radius 1 is 0.750 bits per heavy atom. The van der Waals surface area contributed by atoms with E-state index < -0.39 is 0 Å². The van der Waals surface area contributed by atoms with Crippen molar-refractivity contribution >= 4 is 35.5 Å². The number of aromatic hydroxyl groups is 2. The summed E-state index contributed by atoms with van der Waals surface area (Å²) >= 11 is 2.57. The number of phenols is 2. The molecule has 2 N–H and O–H groups in total. The molecule has 0 atom stereocenters. The fourth-order valence-corrected chi connectivity index (χ4v) is 3.88. The van der Waals surface area contributed by atoms with Gasteiger partial charge in [0.05, 0.1) is 38.9 Å². The molecule has 32 heavy (non-hydrogen) atoms. The van der Waals surface area contributed by atoms with Crippen molar-refractivity contribution in [3.05, 3.63) is 36.4 Å². The van der Waals surface area contributed by atoms with E-state index in [2.05, 4.69) is 0 Å². The van der Waals surface area contributed by atoms with Gasteiger partial charge < -0.3 is 29.2 Å². The number of unbranched alkanes of at least 4 members (excludes halogenated alkanes) is 1. The topological polar surface area (TPSA) is 112 Å². The number of carbonyl (C=O) groups is 2. The molecule has 10 heteroatoms. The highest BCUT2D eigenvalue weighted by Gasteiger charge is 2.09. The molecule has 0 aromatic heterocycles. The summed E-state index contributed by atoms with van der Waals surface area (Å²) in [6.45, 7) is 0.496. The molecule has 2 rings (SSSR count). The number of esters is 2. The first-order valence-electron chi connectivity index (χ1n) is 9.73. The average molecular weight is 483 g/mol. The summed E-state index contributed by atoms with van der Waals surface area (Å²) in [4.78, 5) is 25.2. The Morgan fingerprint density at radius 2 is 1.16 bits per heavy atom. The van der Waals surface area contributed by atoms with Gasteiger partial charge in [0.1, 0.15) is 0 Å². The minimum Gasteiger partial charge on any atom is -0.504 e. The first-order chi connectivity index (χ1) is 15.4. The molecular formula is C22H26O8S2. The fraction of sp³-hybridized carbons (Fsp3) is 0.364. The number of ether oxygens (including phenoxy) is 4. The number of hydrogen-bond acceptors (Lipinski definition) is 10. The number of rotatable bonds is 13. The molecule has 0 amide bonds. The van der Waals surface area contributed by atoms with Gasteiger partial charge in [-0.15, -0.1) is 23.5 Å². The predicted molar refractivity (Wildman–Crippen MR) is 122 cm³/mol. The molecule has 174 valence electrons. The quantitative estimate of drug-likeness (QED) is 0.248. The van der Waals surface area contributed by atoms with Crippen LogP contribution in [0.3, 0.4) is 0 Å². The molecule has 0 saturated carbocycles. The normalized spacial score (nSPS) is 10.4. The maximum Gasteiger partial charge on any atom is 0.316 e. The molecule has 0 heterocycles. The van der Waals surface area contributed by atoms with Gasteiger partial charge in [0, 0.05) is 9.79 Å². The van der Waals surface area contributed by atoms with Gasteiger partial charge in [0.15, 0.2) is 23.0 Å². The number of methoxy groups -OCH3 is 2. The second-order valence-corrected chi connectivity index (χ2v) is 8.49. The molecule has 0 fully saturated rings. The minimum atomic E-state index is -0.347. The molecule has 0 unspecified atom stereocenters. The predicted octanol–water partition coefficient (Wildman–Crippen LogP) is 3.87. The average Bonchev–Trinajstić information content (AvgIpc) is 2.80. The summed E-state index contributed by atoms with van der Waals surface area (Å²) in [6, 6.07) is 9.71. The van der Waals surface area contributed by atoms with Crippen molar-refractivity contribution in [2.45, 2.75) is 22.6 Å². The van der Waals surface area contributed by atoms with Crippen LogP contribution in [0.2, 0.25) is 0 Å². The molecule has 0 saturated heterocycles. The number of phenolic OH excluding ortho intramolecular Hbond substituents is 2.